The molecule has 0 saturated carbocycles. The summed E-state index contributed by atoms with van der Waals surface area (Å²) in [5, 5.41) is 1.46. The number of carbonyl (C=O) groups excluding carboxylic acids is 2. The third kappa shape index (κ3) is 2.07. The van der Waals surface area contributed by atoms with Gasteiger partial charge in [-0.05, 0) is 22.9 Å². The number of fused-ring (bicyclic) bond motifs is 2. The number of rotatable bonds is 2. The van der Waals surface area contributed by atoms with Gasteiger partial charge in [-0.3, -0.25) is 9.59 Å². The van der Waals surface area contributed by atoms with Gasteiger partial charge in [0.25, 0.3) is 0 Å². The van der Waals surface area contributed by atoms with Crippen LogP contribution in [0.15, 0.2) is 42.5 Å². The van der Waals surface area contributed by atoms with Crippen LogP contribution in [-0.2, 0) is 19.2 Å². The van der Waals surface area contributed by atoms with Gasteiger partial charge in [-0.1, -0.05) is 24.3 Å². The Bertz CT molecular complexity index is 928. The van der Waals surface area contributed by atoms with Crippen LogP contribution in [0.2, 0.25) is 0 Å². The molecular formula is C14H9NO5S. The Kier molecular flexibility index (Phi) is 2.98. The van der Waals surface area contributed by atoms with Crippen LogP contribution >= 0.6 is 0 Å². The van der Waals surface area contributed by atoms with Gasteiger partial charge in [0, 0.05) is 17.2 Å². The Morgan fingerprint density at radius 3 is 2.10 bits per heavy atom. The number of carbonyl (C=O) groups is 2. The van der Waals surface area contributed by atoms with Crippen molar-refractivity contribution in [2.45, 2.75) is 0 Å². The van der Waals surface area contributed by atoms with Crippen LogP contribution in [0.1, 0.15) is 15.9 Å². The lowest BCUT2D eigenvalue weighted by molar-refractivity contribution is -0.110. The van der Waals surface area contributed by atoms with E-state index in [1.165, 1.54) is 12.1 Å². The van der Waals surface area contributed by atoms with E-state index in [1.54, 1.807) is 24.3 Å². The van der Waals surface area contributed by atoms with Gasteiger partial charge in [0.1, 0.15) is 4.91 Å². The minimum Gasteiger partial charge on any atom is -0.286 e. The van der Waals surface area contributed by atoms with Crippen molar-refractivity contribution in [2.75, 3.05) is 0 Å². The molecule has 3 rings (SSSR count). The molecule has 0 aliphatic heterocycles. The molecule has 0 radical (unpaired) electrons. The Morgan fingerprint density at radius 1 is 0.952 bits per heavy atom. The average Bonchev–Trinajstić information content (AvgIpc) is 2.49. The highest BCUT2D eigenvalue weighted by atomic mass is 32.2. The first-order chi connectivity index (χ1) is 9.94. The van der Waals surface area contributed by atoms with Gasteiger partial charge in [-0.2, -0.15) is 18.6 Å². The fraction of sp³-hybridized carbons (Fsp3) is 0. The Morgan fingerprint density at radius 2 is 1.52 bits per heavy atom. The molecule has 21 heavy (non-hydrogen) atoms. The van der Waals surface area contributed by atoms with Crippen molar-refractivity contribution in [1.82, 2.24) is 0 Å². The molecule has 106 valence electrons. The summed E-state index contributed by atoms with van der Waals surface area (Å²) in [6.45, 7) is 0. The average molecular weight is 303 g/mol. The molecule has 0 fully saturated rings. The molecule has 1 aliphatic rings. The Hall–Kier alpha value is -2.35. The molecule has 0 bridgehead atoms. The molecule has 2 aromatic carbocycles. The summed E-state index contributed by atoms with van der Waals surface area (Å²) in [5.74, 6) is 3.08. The molecule has 0 amide bonds. The van der Waals surface area contributed by atoms with Crippen LogP contribution in [0.25, 0.3) is 15.7 Å². The van der Waals surface area contributed by atoms with E-state index < -0.39 is 26.6 Å². The standard InChI is InChI=1S/C14H9NO5S/c15-20-21(18,19)13-7-12(16)14(17)11-6-9-4-2-1-3-8(9)5-10(11)13/h1-7H,15H2. The fourth-order valence-electron chi connectivity index (χ4n) is 2.29. The maximum atomic E-state index is 12.0. The van der Waals surface area contributed by atoms with Crippen LogP contribution in [0.4, 0.5) is 0 Å². The third-order valence-corrected chi connectivity index (χ3v) is 4.41. The lowest BCUT2D eigenvalue weighted by Crippen LogP contribution is -2.23. The smallest absolute Gasteiger partial charge is 0.286 e. The predicted octanol–water partition coefficient (Wildman–Crippen LogP) is 1.17. The highest BCUT2D eigenvalue weighted by molar-refractivity contribution is 7.96. The van der Waals surface area contributed by atoms with Crippen LogP contribution in [0.5, 0.6) is 0 Å². The zero-order valence-electron chi connectivity index (χ0n) is 10.6. The van der Waals surface area contributed by atoms with Crippen LogP contribution < -0.4 is 5.90 Å². The summed E-state index contributed by atoms with van der Waals surface area (Å²) in [5.41, 5.74) is 0.139. The molecule has 0 heterocycles. The van der Waals surface area contributed by atoms with Gasteiger partial charge in [0.05, 0.1) is 0 Å². The normalized spacial score (nSPS) is 15.0. The molecule has 0 unspecified atom stereocenters. The van der Waals surface area contributed by atoms with E-state index in [2.05, 4.69) is 4.28 Å². The molecule has 2 aromatic rings. The molecule has 6 nitrogen and oxygen atoms in total. The molecule has 7 heteroatoms. The van der Waals surface area contributed by atoms with Crippen LogP contribution in [0.3, 0.4) is 0 Å². The predicted molar refractivity (Wildman–Crippen MR) is 75.5 cm³/mol. The van der Waals surface area contributed by atoms with Crippen molar-refractivity contribution in [2.24, 2.45) is 5.90 Å². The zero-order chi connectivity index (χ0) is 15.2. The minimum atomic E-state index is -4.29. The Labute approximate surface area is 119 Å². The van der Waals surface area contributed by atoms with E-state index in [9.17, 15) is 18.0 Å². The summed E-state index contributed by atoms with van der Waals surface area (Å²) in [7, 11) is -4.29. The first-order valence-corrected chi connectivity index (χ1v) is 7.32. The molecular weight excluding hydrogens is 294 g/mol. The second-order valence-electron chi connectivity index (χ2n) is 4.50. The topological polar surface area (TPSA) is 104 Å². The van der Waals surface area contributed by atoms with Crippen molar-refractivity contribution in [3.8, 4) is 0 Å². The zero-order valence-corrected chi connectivity index (χ0v) is 11.4. The van der Waals surface area contributed by atoms with Crippen LogP contribution in [0, 0.1) is 0 Å². The Balaban J connectivity index is 2.39. The van der Waals surface area contributed by atoms with Gasteiger partial charge < -0.3 is 0 Å². The number of Topliss-reactive ketones (excluding diaryl/α,β-unsaturated/α-hetero) is 1. The lowest BCUT2D eigenvalue weighted by atomic mass is 9.92. The molecule has 0 aromatic heterocycles. The van der Waals surface area contributed by atoms with Crippen LogP contribution in [-0.4, -0.2) is 20.0 Å². The van der Waals surface area contributed by atoms with Crippen molar-refractivity contribution in [3.05, 3.63) is 53.6 Å². The second kappa shape index (κ2) is 4.59. The highest BCUT2D eigenvalue weighted by Crippen LogP contribution is 2.32. The summed E-state index contributed by atoms with van der Waals surface area (Å²) < 4.78 is 27.6. The van der Waals surface area contributed by atoms with E-state index >= 15 is 0 Å². The van der Waals surface area contributed by atoms with Gasteiger partial charge in [-0.25, -0.2) is 0 Å². The largest absolute Gasteiger partial charge is 0.313 e. The number of nitrogens with two attached hydrogens (primary N) is 1. The summed E-state index contributed by atoms with van der Waals surface area (Å²) in [6.07, 6.45) is 0.738. The second-order valence-corrected chi connectivity index (χ2v) is 6.04. The maximum absolute atomic E-state index is 12.0. The number of ketones is 2. The van der Waals surface area contributed by atoms with Crippen molar-refractivity contribution in [1.29, 1.82) is 0 Å². The van der Waals surface area contributed by atoms with E-state index in [-0.39, 0.29) is 11.1 Å². The number of allylic oxidation sites excluding steroid dienone is 1. The third-order valence-electron chi connectivity index (χ3n) is 3.28. The fourth-order valence-corrected chi connectivity index (χ4v) is 3.08. The first-order valence-electron chi connectivity index (χ1n) is 5.91. The minimum absolute atomic E-state index is 0.0248. The molecule has 0 atom stereocenters. The van der Waals surface area contributed by atoms with Crippen molar-refractivity contribution >= 4 is 37.4 Å². The number of hydrogen-bond acceptors (Lipinski definition) is 6. The molecule has 1 aliphatic carbocycles. The van der Waals surface area contributed by atoms with E-state index in [0.29, 0.717) is 0 Å². The number of hydrogen-bond donors (Lipinski definition) is 1. The lowest BCUT2D eigenvalue weighted by Gasteiger charge is -2.16. The van der Waals surface area contributed by atoms with E-state index in [0.717, 1.165) is 16.8 Å². The first kappa shape index (κ1) is 13.6. The quantitative estimate of drug-likeness (QED) is 0.659. The monoisotopic (exact) mass is 303 g/mol. The summed E-state index contributed by atoms with van der Waals surface area (Å²) in [4.78, 5) is 23.2. The SMILES string of the molecule is NOS(=O)(=O)C1=CC(=O)C(=O)c2cc3ccccc3cc21. The summed E-state index contributed by atoms with van der Waals surface area (Å²) >= 11 is 0. The molecule has 0 spiro atoms. The maximum Gasteiger partial charge on any atom is 0.313 e. The van der Waals surface area contributed by atoms with Crippen molar-refractivity contribution < 1.29 is 22.3 Å². The van der Waals surface area contributed by atoms with Gasteiger partial charge in [0.15, 0.2) is 0 Å². The highest BCUT2D eigenvalue weighted by Gasteiger charge is 2.33. The summed E-state index contributed by atoms with van der Waals surface area (Å²) in [6, 6.07) is 10.1. The molecule has 0 saturated heterocycles. The van der Waals surface area contributed by atoms with Gasteiger partial charge in [-0.15, -0.1) is 0 Å². The van der Waals surface area contributed by atoms with Gasteiger partial charge >= 0.3 is 10.1 Å². The molecule has 2 N–H and O–H groups in total. The van der Waals surface area contributed by atoms with Gasteiger partial charge in [0.2, 0.25) is 11.6 Å². The number of benzene rings is 2. The van der Waals surface area contributed by atoms with E-state index in [4.69, 9.17) is 5.90 Å². The van der Waals surface area contributed by atoms with E-state index in [1.807, 2.05) is 0 Å². The van der Waals surface area contributed by atoms with Crippen molar-refractivity contribution in [3.63, 3.8) is 0 Å².